The Balaban J connectivity index is 2.31. The van der Waals surface area contributed by atoms with Crippen LogP contribution < -0.4 is 5.32 Å². The normalized spacial score (nSPS) is 10.8. The summed E-state index contributed by atoms with van der Waals surface area (Å²) >= 11 is 0. The van der Waals surface area contributed by atoms with E-state index in [2.05, 4.69) is 36.5 Å². The van der Waals surface area contributed by atoms with Gasteiger partial charge in [0.05, 0.1) is 6.61 Å². The minimum Gasteiger partial charge on any atom is -0.385 e. The second-order valence-corrected chi connectivity index (χ2v) is 4.67. The van der Waals surface area contributed by atoms with Crippen molar-refractivity contribution in [2.45, 2.75) is 32.8 Å². The Kier molecular flexibility index (Phi) is 9.33. The van der Waals surface area contributed by atoms with Gasteiger partial charge in [-0.3, -0.25) is 0 Å². The van der Waals surface area contributed by atoms with Gasteiger partial charge in [0.1, 0.15) is 0 Å². The maximum Gasteiger partial charge on any atom is 0.0719 e. The zero-order chi connectivity index (χ0) is 13.8. The molecule has 0 bridgehead atoms. The van der Waals surface area contributed by atoms with Gasteiger partial charge in [0.25, 0.3) is 0 Å². The molecule has 0 amide bonds. The average Bonchev–Trinajstić information content (AvgIpc) is 2.45. The number of hydrogen-bond acceptors (Lipinski definition) is 3. The molecule has 108 valence electrons. The predicted octanol–water partition coefficient (Wildman–Crippen LogP) is 2.78. The highest BCUT2D eigenvalue weighted by Gasteiger charge is 2.01. The SMILES string of the molecule is CCCNCCc1ccccc1COCCCOC. The maximum absolute atomic E-state index is 5.69. The molecule has 0 fully saturated rings. The first kappa shape index (κ1) is 16.2. The topological polar surface area (TPSA) is 30.5 Å². The Morgan fingerprint density at radius 1 is 1.05 bits per heavy atom. The van der Waals surface area contributed by atoms with E-state index in [-0.39, 0.29) is 0 Å². The number of nitrogens with one attached hydrogen (secondary N) is 1. The summed E-state index contributed by atoms with van der Waals surface area (Å²) in [6.07, 6.45) is 3.21. The van der Waals surface area contributed by atoms with Gasteiger partial charge in [-0.1, -0.05) is 31.2 Å². The molecule has 0 aromatic heterocycles. The van der Waals surface area contributed by atoms with Crippen molar-refractivity contribution in [3.8, 4) is 0 Å². The van der Waals surface area contributed by atoms with E-state index in [9.17, 15) is 0 Å². The highest BCUT2D eigenvalue weighted by atomic mass is 16.5. The minimum atomic E-state index is 0.702. The third-order valence-electron chi connectivity index (χ3n) is 3.01. The van der Waals surface area contributed by atoms with Crippen LogP contribution in [0.2, 0.25) is 0 Å². The van der Waals surface area contributed by atoms with Crippen molar-refractivity contribution in [2.24, 2.45) is 0 Å². The summed E-state index contributed by atoms with van der Waals surface area (Å²) in [5, 5.41) is 3.44. The fourth-order valence-corrected chi connectivity index (χ4v) is 1.95. The molecule has 0 spiro atoms. The van der Waals surface area contributed by atoms with Crippen molar-refractivity contribution in [1.82, 2.24) is 5.32 Å². The van der Waals surface area contributed by atoms with Crippen molar-refractivity contribution in [3.05, 3.63) is 35.4 Å². The molecule has 3 heteroatoms. The van der Waals surface area contributed by atoms with E-state index in [1.807, 2.05) is 0 Å². The molecule has 1 aromatic rings. The largest absolute Gasteiger partial charge is 0.385 e. The quantitative estimate of drug-likeness (QED) is 0.624. The summed E-state index contributed by atoms with van der Waals surface area (Å²) in [5.41, 5.74) is 2.69. The predicted molar refractivity (Wildman–Crippen MR) is 79.5 cm³/mol. The third kappa shape index (κ3) is 7.31. The van der Waals surface area contributed by atoms with Crippen molar-refractivity contribution >= 4 is 0 Å². The lowest BCUT2D eigenvalue weighted by Gasteiger charge is -2.10. The monoisotopic (exact) mass is 265 g/mol. The summed E-state index contributed by atoms with van der Waals surface area (Å²) < 4.78 is 10.7. The van der Waals surface area contributed by atoms with Crippen LogP contribution in [0.25, 0.3) is 0 Å². The molecule has 1 aromatic carbocycles. The van der Waals surface area contributed by atoms with Gasteiger partial charge in [0.15, 0.2) is 0 Å². The summed E-state index contributed by atoms with van der Waals surface area (Å²) in [6.45, 7) is 6.55. The molecule has 0 saturated heterocycles. The lowest BCUT2D eigenvalue weighted by atomic mass is 10.1. The molecule has 1 rings (SSSR count). The molecule has 0 radical (unpaired) electrons. The van der Waals surface area contributed by atoms with Gasteiger partial charge in [0, 0.05) is 20.3 Å². The highest BCUT2D eigenvalue weighted by molar-refractivity contribution is 5.26. The van der Waals surface area contributed by atoms with Crippen molar-refractivity contribution < 1.29 is 9.47 Å². The van der Waals surface area contributed by atoms with Crippen molar-refractivity contribution in [3.63, 3.8) is 0 Å². The zero-order valence-electron chi connectivity index (χ0n) is 12.3. The van der Waals surface area contributed by atoms with Gasteiger partial charge in [-0.2, -0.15) is 0 Å². The molecule has 0 aliphatic rings. The third-order valence-corrected chi connectivity index (χ3v) is 3.01. The van der Waals surface area contributed by atoms with Crippen LogP contribution in [-0.2, 0) is 22.5 Å². The van der Waals surface area contributed by atoms with Crippen LogP contribution in [0.5, 0.6) is 0 Å². The highest BCUT2D eigenvalue weighted by Crippen LogP contribution is 2.10. The van der Waals surface area contributed by atoms with E-state index in [1.165, 1.54) is 17.5 Å². The summed E-state index contributed by atoms with van der Waals surface area (Å²) in [7, 11) is 1.72. The number of hydrogen-bond donors (Lipinski definition) is 1. The first-order valence-corrected chi connectivity index (χ1v) is 7.22. The molecule has 0 unspecified atom stereocenters. The van der Waals surface area contributed by atoms with E-state index in [1.54, 1.807) is 7.11 Å². The molecule has 0 aliphatic heterocycles. The smallest absolute Gasteiger partial charge is 0.0719 e. The van der Waals surface area contributed by atoms with E-state index >= 15 is 0 Å². The van der Waals surface area contributed by atoms with Crippen LogP contribution in [-0.4, -0.2) is 33.4 Å². The van der Waals surface area contributed by atoms with Crippen molar-refractivity contribution in [2.75, 3.05) is 33.4 Å². The molecular weight excluding hydrogens is 238 g/mol. The summed E-state index contributed by atoms with van der Waals surface area (Å²) in [6, 6.07) is 8.54. The van der Waals surface area contributed by atoms with Gasteiger partial charge in [0.2, 0.25) is 0 Å². The van der Waals surface area contributed by atoms with Gasteiger partial charge < -0.3 is 14.8 Å². The Bertz CT molecular complexity index is 328. The fraction of sp³-hybridized carbons (Fsp3) is 0.625. The first-order valence-electron chi connectivity index (χ1n) is 7.22. The molecule has 0 aliphatic carbocycles. The Labute approximate surface area is 117 Å². The average molecular weight is 265 g/mol. The summed E-state index contributed by atoms with van der Waals surface area (Å²) in [4.78, 5) is 0. The van der Waals surface area contributed by atoms with E-state index in [0.29, 0.717) is 6.61 Å². The molecule has 19 heavy (non-hydrogen) atoms. The van der Waals surface area contributed by atoms with Crippen LogP contribution in [0.4, 0.5) is 0 Å². The minimum absolute atomic E-state index is 0.702. The van der Waals surface area contributed by atoms with Gasteiger partial charge in [-0.05, 0) is 43.5 Å². The van der Waals surface area contributed by atoms with Crippen LogP contribution in [0.3, 0.4) is 0 Å². The van der Waals surface area contributed by atoms with Crippen LogP contribution in [0.15, 0.2) is 24.3 Å². The number of ether oxygens (including phenoxy) is 2. The lowest BCUT2D eigenvalue weighted by molar-refractivity contribution is 0.0925. The van der Waals surface area contributed by atoms with E-state index < -0.39 is 0 Å². The van der Waals surface area contributed by atoms with Crippen molar-refractivity contribution in [1.29, 1.82) is 0 Å². The Morgan fingerprint density at radius 2 is 1.84 bits per heavy atom. The van der Waals surface area contributed by atoms with Gasteiger partial charge in [-0.15, -0.1) is 0 Å². The summed E-state index contributed by atoms with van der Waals surface area (Å²) in [5.74, 6) is 0. The van der Waals surface area contributed by atoms with Gasteiger partial charge >= 0.3 is 0 Å². The molecule has 0 atom stereocenters. The van der Waals surface area contributed by atoms with E-state index in [4.69, 9.17) is 9.47 Å². The molecule has 0 saturated carbocycles. The Hall–Kier alpha value is -0.900. The lowest BCUT2D eigenvalue weighted by Crippen LogP contribution is -2.18. The first-order chi connectivity index (χ1) is 9.38. The van der Waals surface area contributed by atoms with Gasteiger partial charge in [-0.25, -0.2) is 0 Å². The number of methoxy groups -OCH3 is 1. The molecular formula is C16H27NO2. The molecule has 3 nitrogen and oxygen atoms in total. The maximum atomic E-state index is 5.69. The number of benzene rings is 1. The van der Waals surface area contributed by atoms with Crippen LogP contribution >= 0.6 is 0 Å². The van der Waals surface area contributed by atoms with Crippen LogP contribution in [0.1, 0.15) is 30.9 Å². The molecule has 0 heterocycles. The number of rotatable bonds is 11. The standard InChI is InChI=1S/C16H27NO2/c1-3-10-17-11-9-15-7-4-5-8-16(15)14-19-13-6-12-18-2/h4-5,7-8,17H,3,6,9-14H2,1-2H3. The molecule has 1 N–H and O–H groups in total. The fourth-order valence-electron chi connectivity index (χ4n) is 1.95. The second kappa shape index (κ2) is 11.0. The second-order valence-electron chi connectivity index (χ2n) is 4.67. The van der Waals surface area contributed by atoms with E-state index in [0.717, 1.165) is 39.1 Å². The Morgan fingerprint density at radius 3 is 2.58 bits per heavy atom. The van der Waals surface area contributed by atoms with Crippen LogP contribution in [0, 0.1) is 0 Å². The zero-order valence-corrected chi connectivity index (χ0v) is 12.3.